The maximum atomic E-state index is 15.2. The van der Waals surface area contributed by atoms with Gasteiger partial charge in [0.05, 0.1) is 30.2 Å². The Bertz CT molecular complexity index is 1030. The number of anilines is 1. The molecular weight excluding hydrogens is 381 g/mol. The molecule has 1 aliphatic carbocycles. The first kappa shape index (κ1) is 19.7. The number of pyridine rings is 1. The Morgan fingerprint density at radius 3 is 2.69 bits per heavy atom. The largest absolute Gasteiger partial charge is 0.492 e. The number of aromatic nitrogens is 1. The summed E-state index contributed by atoms with van der Waals surface area (Å²) in [5.74, 6) is -1.77. The Morgan fingerprint density at radius 2 is 2.10 bits per heavy atom. The number of nitrogens with two attached hydrogens (primary N) is 1. The Morgan fingerprint density at radius 1 is 1.38 bits per heavy atom. The van der Waals surface area contributed by atoms with Crippen LogP contribution in [0.25, 0.3) is 10.9 Å². The maximum absolute atomic E-state index is 15.2. The van der Waals surface area contributed by atoms with Gasteiger partial charge in [0.1, 0.15) is 11.3 Å². The van der Waals surface area contributed by atoms with E-state index in [0.29, 0.717) is 25.2 Å². The molecule has 29 heavy (non-hydrogen) atoms. The molecule has 3 N–H and O–H groups in total. The highest BCUT2D eigenvalue weighted by atomic mass is 19.1. The van der Waals surface area contributed by atoms with Gasteiger partial charge in [0.2, 0.25) is 5.43 Å². The van der Waals surface area contributed by atoms with Crippen molar-refractivity contribution < 1.29 is 23.8 Å². The molecule has 2 aliphatic rings. The van der Waals surface area contributed by atoms with Gasteiger partial charge in [0.25, 0.3) is 0 Å². The van der Waals surface area contributed by atoms with E-state index >= 15 is 4.39 Å². The Balaban J connectivity index is 1.95. The van der Waals surface area contributed by atoms with E-state index in [1.54, 1.807) is 9.47 Å². The first-order valence-corrected chi connectivity index (χ1v) is 9.68. The van der Waals surface area contributed by atoms with Crippen LogP contribution >= 0.6 is 0 Å². The molecule has 1 saturated heterocycles. The number of rotatable bonds is 6. The smallest absolute Gasteiger partial charge is 0.341 e. The highest BCUT2D eigenvalue weighted by Crippen LogP contribution is 2.44. The molecule has 2 fully saturated rings. The van der Waals surface area contributed by atoms with Crippen LogP contribution in [-0.4, -0.2) is 54.6 Å². The quantitative estimate of drug-likeness (QED) is 0.754. The maximum Gasteiger partial charge on any atom is 0.341 e. The molecule has 2 unspecified atom stereocenters. The zero-order valence-corrected chi connectivity index (χ0v) is 16.4. The second-order valence-corrected chi connectivity index (χ2v) is 7.51. The summed E-state index contributed by atoms with van der Waals surface area (Å²) >= 11 is 0. The minimum Gasteiger partial charge on any atom is -0.492 e. The van der Waals surface area contributed by atoms with Crippen molar-refractivity contribution in [3.05, 3.63) is 33.9 Å². The third-order valence-electron chi connectivity index (χ3n) is 5.58. The van der Waals surface area contributed by atoms with Gasteiger partial charge >= 0.3 is 5.97 Å². The molecule has 0 amide bonds. The fourth-order valence-electron chi connectivity index (χ4n) is 4.10. The van der Waals surface area contributed by atoms with E-state index in [4.69, 9.17) is 15.2 Å². The summed E-state index contributed by atoms with van der Waals surface area (Å²) in [4.78, 5) is 26.0. The molecule has 2 heterocycles. The van der Waals surface area contributed by atoms with Crippen LogP contribution in [-0.2, 0) is 4.74 Å². The van der Waals surface area contributed by atoms with Gasteiger partial charge in [-0.15, -0.1) is 0 Å². The van der Waals surface area contributed by atoms with Crippen molar-refractivity contribution in [1.29, 1.82) is 0 Å². The van der Waals surface area contributed by atoms with Crippen molar-refractivity contribution >= 4 is 22.6 Å². The van der Waals surface area contributed by atoms with Gasteiger partial charge in [-0.05, 0) is 25.8 Å². The SMILES string of the molecule is CCOC1CN(c2c(F)cc3c(=O)c(C(=O)O)cn(C4CC4)c3c2OC)CC1N. The van der Waals surface area contributed by atoms with Gasteiger partial charge < -0.3 is 29.8 Å². The number of halogens is 1. The summed E-state index contributed by atoms with van der Waals surface area (Å²) in [6.45, 7) is 3.16. The Labute approximate surface area is 166 Å². The first-order chi connectivity index (χ1) is 13.9. The minimum atomic E-state index is -1.33. The molecule has 1 aliphatic heterocycles. The van der Waals surface area contributed by atoms with Crippen LogP contribution in [0.15, 0.2) is 17.1 Å². The third-order valence-corrected chi connectivity index (χ3v) is 5.58. The van der Waals surface area contributed by atoms with Gasteiger partial charge in [-0.3, -0.25) is 4.79 Å². The van der Waals surface area contributed by atoms with Crippen LogP contribution in [0, 0.1) is 5.82 Å². The van der Waals surface area contributed by atoms with E-state index in [9.17, 15) is 14.7 Å². The van der Waals surface area contributed by atoms with E-state index in [-0.39, 0.29) is 40.6 Å². The van der Waals surface area contributed by atoms with Crippen molar-refractivity contribution in [3.8, 4) is 5.75 Å². The number of nitrogens with zero attached hydrogens (tertiary/aromatic N) is 2. The van der Waals surface area contributed by atoms with Gasteiger partial charge in [-0.2, -0.15) is 0 Å². The number of benzene rings is 1. The molecule has 0 radical (unpaired) electrons. The lowest BCUT2D eigenvalue weighted by molar-refractivity contribution is 0.0679. The standard InChI is InChI=1S/C20H24FN3O5/c1-3-29-15-9-23(8-14(15)22)17-13(21)6-11-16(19(17)28-2)24(10-4-5-10)7-12(18(11)25)20(26)27/h6-7,10,14-15H,3-5,8-9,22H2,1-2H3,(H,26,27). The number of ether oxygens (including phenoxy) is 2. The molecule has 0 spiro atoms. The van der Waals surface area contributed by atoms with E-state index in [2.05, 4.69) is 0 Å². The number of carbonyl (C=O) groups is 1. The van der Waals surface area contributed by atoms with E-state index in [1.165, 1.54) is 13.3 Å². The van der Waals surface area contributed by atoms with E-state index in [1.807, 2.05) is 6.92 Å². The number of methoxy groups -OCH3 is 1. The predicted octanol–water partition coefficient (Wildman–Crippen LogP) is 1.73. The fraction of sp³-hybridized carbons (Fsp3) is 0.500. The number of carboxylic acids is 1. The van der Waals surface area contributed by atoms with Crippen LogP contribution in [0.1, 0.15) is 36.2 Å². The number of hydrogen-bond acceptors (Lipinski definition) is 6. The molecular formula is C20H24FN3O5. The number of fused-ring (bicyclic) bond motifs is 1. The average Bonchev–Trinajstić information content (AvgIpc) is 3.45. The van der Waals surface area contributed by atoms with Gasteiger partial charge in [-0.25, -0.2) is 9.18 Å². The van der Waals surface area contributed by atoms with Crippen LogP contribution in [0.2, 0.25) is 0 Å². The fourth-order valence-corrected chi connectivity index (χ4v) is 4.10. The van der Waals surface area contributed by atoms with Crippen molar-refractivity contribution in [3.63, 3.8) is 0 Å². The highest BCUT2D eigenvalue weighted by Gasteiger charge is 2.36. The lowest BCUT2D eigenvalue weighted by Gasteiger charge is -2.24. The van der Waals surface area contributed by atoms with Crippen molar-refractivity contribution in [2.24, 2.45) is 5.73 Å². The van der Waals surface area contributed by atoms with Crippen LogP contribution in [0.4, 0.5) is 10.1 Å². The molecule has 9 heteroatoms. The molecule has 0 bridgehead atoms. The summed E-state index contributed by atoms with van der Waals surface area (Å²) in [5.41, 5.74) is 5.69. The number of aromatic carboxylic acids is 1. The lowest BCUT2D eigenvalue weighted by Crippen LogP contribution is -2.35. The van der Waals surface area contributed by atoms with Crippen molar-refractivity contribution in [2.45, 2.75) is 38.0 Å². The summed E-state index contributed by atoms with van der Waals surface area (Å²) in [7, 11) is 1.42. The zero-order chi connectivity index (χ0) is 20.9. The topological polar surface area (TPSA) is 107 Å². The Hall–Kier alpha value is -2.65. The van der Waals surface area contributed by atoms with Crippen LogP contribution in [0.3, 0.4) is 0 Å². The number of carboxylic acid groups (broad SMARTS) is 1. The van der Waals surface area contributed by atoms with E-state index in [0.717, 1.165) is 18.9 Å². The molecule has 2 atom stereocenters. The first-order valence-electron chi connectivity index (χ1n) is 9.68. The minimum absolute atomic E-state index is 0.000228. The molecule has 156 valence electrons. The second kappa shape index (κ2) is 7.31. The summed E-state index contributed by atoms with van der Waals surface area (Å²) in [6, 6.07) is 0.885. The third kappa shape index (κ3) is 3.24. The predicted molar refractivity (Wildman–Crippen MR) is 106 cm³/mol. The van der Waals surface area contributed by atoms with Crippen molar-refractivity contribution in [2.75, 3.05) is 31.7 Å². The normalized spacial score (nSPS) is 21.7. The molecule has 8 nitrogen and oxygen atoms in total. The van der Waals surface area contributed by atoms with E-state index < -0.39 is 17.2 Å². The molecule has 1 aromatic heterocycles. The average molecular weight is 405 g/mol. The van der Waals surface area contributed by atoms with Crippen LogP contribution < -0.4 is 20.8 Å². The van der Waals surface area contributed by atoms with Crippen LogP contribution in [0.5, 0.6) is 5.75 Å². The Kier molecular flexibility index (Phi) is 4.95. The molecule has 2 aromatic rings. The van der Waals surface area contributed by atoms with Gasteiger partial charge in [0, 0.05) is 31.9 Å². The molecule has 1 aromatic carbocycles. The monoisotopic (exact) mass is 405 g/mol. The summed E-state index contributed by atoms with van der Waals surface area (Å²) < 4.78 is 28.2. The van der Waals surface area contributed by atoms with Gasteiger partial charge in [0.15, 0.2) is 11.6 Å². The molecule has 4 rings (SSSR count). The number of hydrogen-bond donors (Lipinski definition) is 2. The summed E-state index contributed by atoms with van der Waals surface area (Å²) in [6.07, 6.45) is 2.81. The van der Waals surface area contributed by atoms with Gasteiger partial charge in [-0.1, -0.05) is 0 Å². The van der Waals surface area contributed by atoms with Crippen molar-refractivity contribution in [1.82, 2.24) is 4.57 Å². The second-order valence-electron chi connectivity index (χ2n) is 7.51. The summed E-state index contributed by atoms with van der Waals surface area (Å²) in [5, 5.41) is 9.41. The molecule has 1 saturated carbocycles. The lowest BCUT2D eigenvalue weighted by atomic mass is 10.1. The highest BCUT2D eigenvalue weighted by molar-refractivity contribution is 5.97. The zero-order valence-electron chi connectivity index (χ0n) is 16.4.